The minimum absolute atomic E-state index is 0. The van der Waals surface area contributed by atoms with Crippen molar-refractivity contribution in [3.05, 3.63) is 35.9 Å². The molecule has 0 aliphatic heterocycles. The zero-order chi connectivity index (χ0) is 14.5. The third-order valence-electron chi connectivity index (χ3n) is 2.27. The second kappa shape index (κ2) is 7.53. The molecule has 0 saturated carbocycles. The maximum atomic E-state index is 11.6. The first-order valence-corrected chi connectivity index (χ1v) is 6.04. The van der Waals surface area contributed by atoms with Crippen molar-refractivity contribution in [3.63, 3.8) is 0 Å². The number of hydrogen-bond acceptors (Lipinski definition) is 3. The van der Waals surface area contributed by atoms with Gasteiger partial charge in [-0.05, 0) is 26.3 Å². The monoisotopic (exact) mass is 281 g/mol. The molecule has 0 aliphatic rings. The van der Waals surface area contributed by atoms with E-state index in [0.29, 0.717) is 0 Å². The summed E-state index contributed by atoms with van der Waals surface area (Å²) >= 11 is 0. The summed E-state index contributed by atoms with van der Waals surface area (Å²) in [4.78, 5) is 22.7. The smallest absolute Gasteiger partial charge is 0.408 e. The summed E-state index contributed by atoms with van der Waals surface area (Å²) in [6, 6.07) is 8.11. The van der Waals surface area contributed by atoms with Gasteiger partial charge in [-0.2, -0.15) is 0 Å². The van der Waals surface area contributed by atoms with Gasteiger partial charge in [-0.25, -0.2) is 9.59 Å². The summed E-state index contributed by atoms with van der Waals surface area (Å²) in [5.41, 5.74) is 0.186. The first-order valence-electron chi connectivity index (χ1n) is 6.04. The Labute approximate surface area is 120 Å². The lowest BCUT2D eigenvalue weighted by atomic mass is 10.1. The average Bonchev–Trinajstić information content (AvgIpc) is 2.26. The second-order valence-corrected chi connectivity index (χ2v) is 5.23. The van der Waals surface area contributed by atoms with Crippen LogP contribution in [0.1, 0.15) is 33.8 Å². The first-order chi connectivity index (χ1) is 8.78. The number of hydrogen-bond donors (Lipinski definition) is 2. The lowest BCUT2D eigenvalue weighted by molar-refractivity contribution is -0.139. The van der Waals surface area contributed by atoms with Gasteiger partial charge in [-0.3, -0.25) is 0 Å². The number of carboxylic acid groups (broad SMARTS) is 1. The summed E-state index contributed by atoms with van der Waals surface area (Å²) in [7, 11) is 0. The van der Waals surface area contributed by atoms with Crippen LogP contribution in [0.15, 0.2) is 30.3 Å². The Balaban J connectivity index is 0.00000361. The lowest BCUT2D eigenvalue weighted by Crippen LogP contribution is -2.44. The highest BCUT2D eigenvalue weighted by atomic mass is 16.6. The van der Waals surface area contributed by atoms with Crippen molar-refractivity contribution < 1.29 is 19.4 Å². The van der Waals surface area contributed by atoms with Crippen molar-refractivity contribution in [1.82, 2.24) is 5.32 Å². The predicted molar refractivity (Wildman–Crippen MR) is 77.7 cm³/mol. The number of amides is 1. The fraction of sp³-hybridized carbons (Fsp3) is 0.467. The molecule has 5 heteroatoms. The molecule has 0 unspecified atom stereocenters. The Morgan fingerprint density at radius 2 is 1.80 bits per heavy atom. The van der Waals surface area contributed by atoms with Crippen LogP contribution in [-0.4, -0.2) is 28.8 Å². The van der Waals surface area contributed by atoms with Crippen molar-refractivity contribution in [2.24, 2.45) is 0 Å². The number of carbonyl (C=O) groups excluding carboxylic acids is 1. The van der Waals surface area contributed by atoms with Crippen LogP contribution in [-0.2, 0) is 16.0 Å². The Morgan fingerprint density at radius 1 is 1.25 bits per heavy atom. The van der Waals surface area contributed by atoms with Crippen LogP contribution in [0.2, 0.25) is 0 Å². The zero-order valence-electron chi connectivity index (χ0n) is 11.3. The Kier molecular flexibility index (Phi) is 6.76. The minimum atomic E-state index is -1.09. The van der Waals surface area contributed by atoms with E-state index in [1.807, 2.05) is 30.3 Å². The molecule has 112 valence electrons. The lowest BCUT2D eigenvalue weighted by Gasteiger charge is -2.22. The summed E-state index contributed by atoms with van der Waals surface area (Å²) in [5, 5.41) is 11.5. The van der Waals surface area contributed by atoms with E-state index >= 15 is 0 Å². The fourth-order valence-corrected chi connectivity index (χ4v) is 1.50. The van der Waals surface area contributed by atoms with Crippen molar-refractivity contribution >= 4 is 12.1 Å². The highest BCUT2D eigenvalue weighted by molar-refractivity contribution is 5.80. The zero-order valence-corrected chi connectivity index (χ0v) is 11.3. The molecule has 0 fully saturated rings. The number of benzene rings is 1. The SMILES string of the molecule is C.CC(C)(C)OC(=O)N[C@H](Cc1ccccc1)C(=O)O. The van der Waals surface area contributed by atoms with Crippen molar-refractivity contribution in [3.8, 4) is 0 Å². The molecule has 1 atom stereocenters. The number of alkyl carbamates (subject to hydrolysis) is 1. The summed E-state index contributed by atoms with van der Waals surface area (Å²) in [5.74, 6) is -1.09. The van der Waals surface area contributed by atoms with Gasteiger partial charge in [-0.15, -0.1) is 0 Å². The largest absolute Gasteiger partial charge is 0.480 e. The molecule has 2 N–H and O–H groups in total. The van der Waals surface area contributed by atoms with Gasteiger partial charge < -0.3 is 15.2 Å². The Bertz CT molecular complexity index is 437. The van der Waals surface area contributed by atoms with Gasteiger partial charge in [0, 0.05) is 6.42 Å². The van der Waals surface area contributed by atoms with Gasteiger partial charge in [0.25, 0.3) is 0 Å². The number of ether oxygens (including phenoxy) is 1. The molecule has 0 bridgehead atoms. The van der Waals surface area contributed by atoms with Gasteiger partial charge >= 0.3 is 12.1 Å². The first kappa shape index (κ1) is 18.0. The van der Waals surface area contributed by atoms with E-state index < -0.39 is 23.7 Å². The molecular formula is C15H23NO4. The normalized spacial score (nSPS) is 11.9. The van der Waals surface area contributed by atoms with E-state index in [1.54, 1.807) is 20.8 Å². The fourth-order valence-electron chi connectivity index (χ4n) is 1.50. The van der Waals surface area contributed by atoms with Crippen LogP contribution >= 0.6 is 0 Å². The van der Waals surface area contributed by atoms with Gasteiger partial charge in [0.15, 0.2) is 0 Å². The average molecular weight is 281 g/mol. The van der Waals surface area contributed by atoms with Crippen molar-refractivity contribution in [2.75, 3.05) is 0 Å². The van der Waals surface area contributed by atoms with Crippen LogP contribution in [0.3, 0.4) is 0 Å². The number of carbonyl (C=O) groups is 2. The summed E-state index contributed by atoms with van der Waals surface area (Å²) in [6.45, 7) is 5.17. The predicted octanol–water partition coefficient (Wildman–Crippen LogP) is 2.84. The van der Waals surface area contributed by atoms with E-state index in [-0.39, 0.29) is 13.8 Å². The van der Waals surface area contributed by atoms with E-state index in [4.69, 9.17) is 9.84 Å². The van der Waals surface area contributed by atoms with E-state index in [0.717, 1.165) is 5.56 Å². The van der Waals surface area contributed by atoms with Crippen LogP contribution in [0.5, 0.6) is 0 Å². The van der Waals surface area contributed by atoms with Gasteiger partial charge in [-0.1, -0.05) is 37.8 Å². The third-order valence-corrected chi connectivity index (χ3v) is 2.27. The van der Waals surface area contributed by atoms with E-state index in [2.05, 4.69) is 5.32 Å². The maximum absolute atomic E-state index is 11.6. The third kappa shape index (κ3) is 6.78. The molecule has 0 aromatic heterocycles. The van der Waals surface area contributed by atoms with Gasteiger partial charge in [0.2, 0.25) is 0 Å². The topological polar surface area (TPSA) is 75.6 Å². The van der Waals surface area contributed by atoms with Gasteiger partial charge in [0.05, 0.1) is 0 Å². The van der Waals surface area contributed by atoms with Crippen LogP contribution in [0.4, 0.5) is 4.79 Å². The second-order valence-electron chi connectivity index (χ2n) is 5.23. The number of nitrogens with one attached hydrogen (secondary N) is 1. The minimum Gasteiger partial charge on any atom is -0.480 e. The number of aliphatic carboxylic acids is 1. The molecule has 1 aromatic carbocycles. The molecule has 0 saturated heterocycles. The quantitative estimate of drug-likeness (QED) is 0.889. The molecule has 5 nitrogen and oxygen atoms in total. The Morgan fingerprint density at radius 3 is 2.25 bits per heavy atom. The molecule has 20 heavy (non-hydrogen) atoms. The Hall–Kier alpha value is -2.04. The van der Waals surface area contributed by atoms with Crippen LogP contribution in [0, 0.1) is 0 Å². The van der Waals surface area contributed by atoms with Crippen LogP contribution < -0.4 is 5.32 Å². The molecule has 0 spiro atoms. The summed E-state index contributed by atoms with van der Waals surface area (Å²) in [6.07, 6.45) is -0.508. The highest BCUT2D eigenvalue weighted by Gasteiger charge is 2.23. The highest BCUT2D eigenvalue weighted by Crippen LogP contribution is 2.08. The molecular weight excluding hydrogens is 258 g/mol. The molecule has 1 amide bonds. The van der Waals surface area contributed by atoms with Crippen molar-refractivity contribution in [1.29, 1.82) is 0 Å². The maximum Gasteiger partial charge on any atom is 0.408 e. The number of carboxylic acids is 1. The van der Waals surface area contributed by atoms with E-state index in [1.165, 1.54) is 0 Å². The van der Waals surface area contributed by atoms with E-state index in [9.17, 15) is 9.59 Å². The molecule has 0 radical (unpaired) electrons. The van der Waals surface area contributed by atoms with Crippen molar-refractivity contribution in [2.45, 2.75) is 46.3 Å². The molecule has 1 rings (SSSR count). The number of rotatable bonds is 4. The molecule has 0 aliphatic carbocycles. The molecule has 1 aromatic rings. The van der Waals surface area contributed by atoms with Crippen LogP contribution in [0.25, 0.3) is 0 Å². The summed E-state index contributed by atoms with van der Waals surface area (Å²) < 4.78 is 5.04. The molecule has 0 heterocycles. The van der Waals surface area contributed by atoms with Gasteiger partial charge in [0.1, 0.15) is 11.6 Å². The standard InChI is InChI=1S/C14H19NO4.CH4/c1-14(2,3)19-13(18)15-11(12(16)17)9-10-7-5-4-6-8-10;/h4-8,11H,9H2,1-3H3,(H,15,18)(H,16,17);1H4/t11-;/m1./s1.